The van der Waals surface area contributed by atoms with Crippen LogP contribution in [0.5, 0.6) is 0 Å². The number of halogens is 2. The van der Waals surface area contributed by atoms with Gasteiger partial charge in [-0.15, -0.1) is 11.6 Å². The fourth-order valence-electron chi connectivity index (χ4n) is 0.109. The third kappa shape index (κ3) is 3.29. The first kappa shape index (κ1) is 7.69. The van der Waals surface area contributed by atoms with Gasteiger partial charge in [-0.1, -0.05) is 22.6 Å². The minimum absolute atomic E-state index is 0.000679. The summed E-state index contributed by atoms with van der Waals surface area (Å²) in [4.78, 5) is 10.3. The molecule has 0 aliphatic heterocycles. The Kier molecular flexibility index (Phi) is 4.02. The number of carbonyl (C=O) groups is 1. The van der Waals surface area contributed by atoms with Crippen LogP contribution >= 0.6 is 34.2 Å². The van der Waals surface area contributed by atoms with Crippen molar-refractivity contribution >= 4 is 40.0 Å². The van der Waals surface area contributed by atoms with Crippen LogP contribution in [0.1, 0.15) is 6.92 Å². The van der Waals surface area contributed by atoms with E-state index in [0.29, 0.717) is 5.88 Å². The summed E-state index contributed by atoms with van der Waals surface area (Å²) in [6.45, 7) is 1.54. The third-order valence-corrected chi connectivity index (χ3v) is 2.72. The topological polar surface area (TPSA) is 17.1 Å². The Morgan fingerprint density at radius 2 is 2.43 bits per heavy atom. The molecule has 1 nitrogen and oxygen atoms in total. The van der Waals surface area contributed by atoms with Gasteiger partial charge in [0.15, 0.2) is 0 Å². The van der Waals surface area contributed by atoms with E-state index in [-0.39, 0.29) is 9.71 Å². The van der Waals surface area contributed by atoms with E-state index < -0.39 is 0 Å². The van der Waals surface area contributed by atoms with Crippen LogP contribution in [0.2, 0.25) is 0 Å². The van der Waals surface area contributed by atoms with Gasteiger partial charge in [0.25, 0.3) is 0 Å². The van der Waals surface area contributed by atoms with Crippen LogP contribution in [0.4, 0.5) is 0 Å². The first-order valence-corrected chi connectivity index (χ1v) is 3.67. The minimum Gasteiger partial charge on any atom is -0.299 e. The van der Waals surface area contributed by atoms with Crippen LogP contribution in [0.15, 0.2) is 0 Å². The maximum Gasteiger partial charge on any atom is 0.143 e. The highest BCUT2D eigenvalue weighted by molar-refractivity contribution is 14.1. The molecule has 0 aromatic carbocycles. The summed E-state index contributed by atoms with van der Waals surface area (Å²) in [6.07, 6.45) is 0. The van der Waals surface area contributed by atoms with Crippen LogP contribution in [0, 0.1) is 0 Å². The molecule has 0 amide bonds. The number of carbonyl (C=O) groups excluding carboxylic acids is 1. The number of rotatable bonds is 2. The highest BCUT2D eigenvalue weighted by Gasteiger charge is 2.04. The number of Topliss-reactive ketones (excluding diaryl/α,β-unsaturated/α-hetero) is 1. The molecule has 1 unspecified atom stereocenters. The molecule has 0 rings (SSSR count). The van der Waals surface area contributed by atoms with Gasteiger partial charge in [0.1, 0.15) is 5.78 Å². The summed E-state index contributed by atoms with van der Waals surface area (Å²) in [5.41, 5.74) is 0. The highest BCUT2D eigenvalue weighted by Crippen LogP contribution is 2.02. The van der Waals surface area contributed by atoms with E-state index in [1.165, 1.54) is 0 Å². The van der Waals surface area contributed by atoms with Crippen LogP contribution < -0.4 is 0 Å². The predicted molar refractivity (Wildman–Crippen MR) is 39.2 cm³/mol. The van der Waals surface area contributed by atoms with Crippen LogP contribution in [0.3, 0.4) is 0 Å². The Balaban J connectivity index is 3.34. The molecule has 0 N–H and O–H groups in total. The molecule has 0 saturated heterocycles. The summed E-state index contributed by atoms with van der Waals surface area (Å²) in [5.74, 6) is 0.575. The predicted octanol–water partition coefficient (Wildman–Crippen LogP) is 1.62. The summed E-state index contributed by atoms with van der Waals surface area (Å²) in [7, 11) is 0. The lowest BCUT2D eigenvalue weighted by molar-refractivity contribution is -0.115. The first-order chi connectivity index (χ1) is 3.18. The Bertz CT molecular complexity index is 74.1. The molecular formula is C4H6ClIO. The third-order valence-electron chi connectivity index (χ3n) is 0.577. The van der Waals surface area contributed by atoms with Crippen molar-refractivity contribution in [3.8, 4) is 0 Å². The molecule has 0 aromatic rings. The van der Waals surface area contributed by atoms with Crippen molar-refractivity contribution in [2.75, 3.05) is 5.88 Å². The van der Waals surface area contributed by atoms with E-state index in [9.17, 15) is 4.79 Å². The molecule has 3 heteroatoms. The fourth-order valence-corrected chi connectivity index (χ4v) is 0.326. The molecule has 0 aliphatic carbocycles. The van der Waals surface area contributed by atoms with Crippen LogP contribution in [-0.4, -0.2) is 15.6 Å². The van der Waals surface area contributed by atoms with Gasteiger partial charge in [-0.2, -0.15) is 0 Å². The van der Waals surface area contributed by atoms with Gasteiger partial charge in [0.2, 0.25) is 0 Å². The van der Waals surface area contributed by atoms with Crippen molar-refractivity contribution < 1.29 is 4.79 Å². The number of hydrogen-bond acceptors (Lipinski definition) is 1. The molecule has 7 heavy (non-hydrogen) atoms. The molecule has 0 aromatic heterocycles. The van der Waals surface area contributed by atoms with Crippen molar-refractivity contribution in [1.82, 2.24) is 0 Å². The van der Waals surface area contributed by atoms with E-state index in [0.717, 1.165) is 0 Å². The molecular weight excluding hydrogens is 226 g/mol. The lowest BCUT2D eigenvalue weighted by Gasteiger charge is -1.94. The molecule has 0 aliphatic rings. The molecule has 42 valence electrons. The van der Waals surface area contributed by atoms with Crippen molar-refractivity contribution in [2.24, 2.45) is 0 Å². The van der Waals surface area contributed by atoms with Gasteiger partial charge in [0.05, 0.1) is 3.92 Å². The second-order valence-electron chi connectivity index (χ2n) is 1.23. The molecule has 0 saturated carbocycles. The van der Waals surface area contributed by atoms with E-state index in [4.69, 9.17) is 11.6 Å². The van der Waals surface area contributed by atoms with Gasteiger partial charge in [-0.3, -0.25) is 4.79 Å². The molecule has 0 spiro atoms. The normalized spacial score (nSPS) is 13.6. The Morgan fingerprint density at radius 1 is 2.00 bits per heavy atom. The SMILES string of the molecule is CC(=O)C(I)CCl. The number of ketones is 1. The second-order valence-corrected chi connectivity index (χ2v) is 3.04. The zero-order chi connectivity index (χ0) is 5.86. The zero-order valence-electron chi connectivity index (χ0n) is 3.95. The summed E-state index contributed by atoms with van der Waals surface area (Å²) in [5, 5.41) is 0. The average Bonchev–Trinajstić information content (AvgIpc) is 1.65. The molecule has 1 atom stereocenters. The minimum atomic E-state index is -0.000679. The molecule has 0 bridgehead atoms. The summed E-state index contributed by atoms with van der Waals surface area (Å²) in [6, 6.07) is 0. The highest BCUT2D eigenvalue weighted by atomic mass is 127. The standard InChI is InChI=1S/C4H6ClIO/c1-3(7)4(6)2-5/h4H,2H2,1H3. The summed E-state index contributed by atoms with van der Waals surface area (Å²) < 4.78 is -0.000679. The van der Waals surface area contributed by atoms with Gasteiger partial charge in [0, 0.05) is 5.88 Å². The Labute approximate surface area is 61.6 Å². The van der Waals surface area contributed by atoms with Gasteiger partial charge in [-0.05, 0) is 6.92 Å². The van der Waals surface area contributed by atoms with Gasteiger partial charge >= 0.3 is 0 Å². The second kappa shape index (κ2) is 3.66. The van der Waals surface area contributed by atoms with E-state index >= 15 is 0 Å². The van der Waals surface area contributed by atoms with Gasteiger partial charge in [-0.25, -0.2) is 0 Å². The fraction of sp³-hybridized carbons (Fsp3) is 0.750. The smallest absolute Gasteiger partial charge is 0.143 e. The zero-order valence-corrected chi connectivity index (χ0v) is 6.86. The molecule has 0 radical (unpaired) electrons. The van der Waals surface area contributed by atoms with E-state index in [1.807, 2.05) is 22.6 Å². The monoisotopic (exact) mass is 232 g/mol. The number of hydrogen-bond donors (Lipinski definition) is 0. The Hall–Kier alpha value is 0.690. The summed E-state index contributed by atoms with van der Waals surface area (Å²) >= 11 is 7.33. The maximum atomic E-state index is 10.3. The largest absolute Gasteiger partial charge is 0.299 e. The van der Waals surface area contributed by atoms with Crippen molar-refractivity contribution in [2.45, 2.75) is 10.8 Å². The van der Waals surface area contributed by atoms with E-state index in [1.54, 1.807) is 6.92 Å². The lowest BCUT2D eigenvalue weighted by Crippen LogP contribution is -2.09. The molecule has 0 fully saturated rings. The quantitative estimate of drug-likeness (QED) is 0.522. The van der Waals surface area contributed by atoms with Crippen molar-refractivity contribution in [3.05, 3.63) is 0 Å². The number of alkyl halides is 2. The van der Waals surface area contributed by atoms with Crippen molar-refractivity contribution in [1.29, 1.82) is 0 Å². The van der Waals surface area contributed by atoms with Crippen LogP contribution in [0.25, 0.3) is 0 Å². The first-order valence-electron chi connectivity index (χ1n) is 1.89. The average molecular weight is 232 g/mol. The van der Waals surface area contributed by atoms with Gasteiger partial charge < -0.3 is 0 Å². The lowest BCUT2D eigenvalue weighted by atomic mass is 10.4. The Morgan fingerprint density at radius 3 is 2.43 bits per heavy atom. The van der Waals surface area contributed by atoms with Crippen molar-refractivity contribution in [3.63, 3.8) is 0 Å². The maximum absolute atomic E-state index is 10.3. The van der Waals surface area contributed by atoms with E-state index in [2.05, 4.69) is 0 Å². The molecule has 0 heterocycles. The van der Waals surface area contributed by atoms with Crippen LogP contribution in [-0.2, 0) is 4.79 Å².